The summed E-state index contributed by atoms with van der Waals surface area (Å²) in [7, 11) is 0. The van der Waals surface area contributed by atoms with E-state index >= 15 is 0 Å². The Morgan fingerprint density at radius 2 is 1.80 bits per heavy atom. The van der Waals surface area contributed by atoms with Crippen LogP contribution in [-0.4, -0.2) is 37.0 Å². The molecule has 156 valence electrons. The van der Waals surface area contributed by atoms with E-state index in [1.165, 1.54) is 12.3 Å². The molecule has 0 unspecified atom stereocenters. The van der Waals surface area contributed by atoms with Crippen molar-refractivity contribution in [1.29, 1.82) is 0 Å². The van der Waals surface area contributed by atoms with E-state index in [0.29, 0.717) is 28.1 Å². The molecule has 2 aromatic carbocycles. The topological polar surface area (TPSA) is 73.5 Å². The van der Waals surface area contributed by atoms with Crippen LogP contribution < -0.4 is 20.9 Å². The third kappa shape index (κ3) is 4.11. The summed E-state index contributed by atoms with van der Waals surface area (Å²) in [5, 5.41) is 8.75. The number of hydrogen-bond donors (Lipinski definition) is 3. The zero-order chi connectivity index (χ0) is 21.4. The summed E-state index contributed by atoms with van der Waals surface area (Å²) in [6.07, 6.45) is 1.50. The number of piperazine rings is 1. The molecular formula is C22H22BrFN4O2. The van der Waals surface area contributed by atoms with E-state index in [9.17, 15) is 14.0 Å². The van der Waals surface area contributed by atoms with Crippen LogP contribution in [0.5, 0.6) is 0 Å². The summed E-state index contributed by atoms with van der Waals surface area (Å²) in [5.74, 6) is -1.26. The molecule has 0 radical (unpaired) electrons. The van der Waals surface area contributed by atoms with E-state index in [1.807, 2.05) is 4.90 Å². The summed E-state index contributed by atoms with van der Waals surface area (Å²) in [4.78, 5) is 26.4. The third-order valence-corrected chi connectivity index (χ3v) is 5.71. The second-order valence-electron chi connectivity index (χ2n) is 7.72. The Balaban J connectivity index is 1.58. The Hall–Kier alpha value is -2.71. The summed E-state index contributed by atoms with van der Waals surface area (Å²) in [5.41, 5.74) is 2.31. The highest BCUT2D eigenvalue weighted by Gasteiger charge is 2.27. The molecular weight excluding hydrogens is 451 g/mol. The molecule has 2 aliphatic rings. The van der Waals surface area contributed by atoms with Gasteiger partial charge in [-0.2, -0.15) is 0 Å². The van der Waals surface area contributed by atoms with Gasteiger partial charge in [0, 0.05) is 52.7 Å². The van der Waals surface area contributed by atoms with Gasteiger partial charge in [-0.15, -0.1) is 0 Å². The first-order chi connectivity index (χ1) is 14.3. The highest BCUT2D eigenvalue weighted by atomic mass is 79.9. The lowest BCUT2D eigenvalue weighted by Gasteiger charge is -2.37. The fraction of sp³-hybridized carbons (Fsp3) is 0.273. The molecule has 0 spiro atoms. The van der Waals surface area contributed by atoms with Crippen molar-refractivity contribution in [3.8, 4) is 0 Å². The average molecular weight is 473 g/mol. The second kappa shape index (κ2) is 8.20. The number of nitrogens with zero attached hydrogens (tertiary/aromatic N) is 1. The monoisotopic (exact) mass is 472 g/mol. The maximum Gasteiger partial charge on any atom is 0.260 e. The van der Waals surface area contributed by atoms with Crippen molar-refractivity contribution in [3.05, 3.63) is 64.0 Å². The number of carbonyl (C=O) groups excluding carboxylic acids is 2. The van der Waals surface area contributed by atoms with E-state index in [0.717, 1.165) is 17.6 Å². The van der Waals surface area contributed by atoms with E-state index in [1.54, 1.807) is 30.3 Å². The summed E-state index contributed by atoms with van der Waals surface area (Å²) >= 11 is 3.37. The standard InChI is InChI=1S/C22H22BrFN4O2/c1-12-10-28(11-13(2)26-12)20-6-4-15(8-19(20)24)25-9-18-17-7-14(23)3-5-16(17)21(29)27-22(18)30/h3-9,12-13,25-26H,10-11H2,1-2H3,(H,27,29,30)/t12-,13+. The minimum atomic E-state index is -0.501. The van der Waals surface area contributed by atoms with E-state index in [2.05, 4.69) is 45.7 Å². The van der Waals surface area contributed by atoms with Gasteiger partial charge in [-0.3, -0.25) is 14.9 Å². The number of anilines is 2. The Bertz CT molecular complexity index is 1050. The molecule has 2 aromatic rings. The number of halogens is 2. The molecule has 0 bridgehead atoms. The van der Waals surface area contributed by atoms with Crippen molar-refractivity contribution >= 4 is 44.7 Å². The van der Waals surface area contributed by atoms with Gasteiger partial charge in [-0.25, -0.2) is 4.39 Å². The van der Waals surface area contributed by atoms with Crippen LogP contribution in [0.15, 0.2) is 47.1 Å². The van der Waals surface area contributed by atoms with Crippen LogP contribution >= 0.6 is 15.9 Å². The van der Waals surface area contributed by atoms with Crippen LogP contribution in [-0.2, 0) is 4.79 Å². The van der Waals surface area contributed by atoms with Gasteiger partial charge in [0.15, 0.2) is 0 Å². The first-order valence-corrected chi connectivity index (χ1v) is 10.5. The fourth-order valence-electron chi connectivity index (χ4n) is 3.97. The molecule has 6 nitrogen and oxygen atoms in total. The minimum Gasteiger partial charge on any atom is -0.366 e. The normalized spacial score (nSPS) is 22.7. The van der Waals surface area contributed by atoms with Crippen LogP contribution in [0.4, 0.5) is 15.8 Å². The number of amides is 2. The van der Waals surface area contributed by atoms with Crippen LogP contribution in [0, 0.1) is 5.82 Å². The quantitative estimate of drug-likeness (QED) is 0.470. The Morgan fingerprint density at radius 1 is 1.07 bits per heavy atom. The van der Waals surface area contributed by atoms with Crippen LogP contribution in [0.3, 0.4) is 0 Å². The Morgan fingerprint density at radius 3 is 2.50 bits per heavy atom. The van der Waals surface area contributed by atoms with Crippen molar-refractivity contribution in [3.63, 3.8) is 0 Å². The average Bonchev–Trinajstić information content (AvgIpc) is 2.66. The molecule has 1 saturated heterocycles. The predicted octanol–water partition coefficient (Wildman–Crippen LogP) is 3.50. The molecule has 0 saturated carbocycles. The van der Waals surface area contributed by atoms with E-state index in [4.69, 9.17) is 0 Å². The SMILES string of the molecule is C[C@@H]1CN(c2ccc(NC=C3C(=O)NC(=O)c4ccc(Br)cc43)cc2F)C[C@H](C)N1. The number of benzene rings is 2. The van der Waals surface area contributed by atoms with Crippen LogP contribution in [0.25, 0.3) is 5.57 Å². The summed E-state index contributed by atoms with van der Waals surface area (Å²) in [6.45, 7) is 5.63. The van der Waals surface area contributed by atoms with Gasteiger partial charge in [-0.05, 0) is 50.2 Å². The van der Waals surface area contributed by atoms with Gasteiger partial charge in [0.1, 0.15) is 5.82 Å². The third-order valence-electron chi connectivity index (χ3n) is 5.22. The molecule has 8 heteroatoms. The fourth-order valence-corrected chi connectivity index (χ4v) is 4.33. The highest BCUT2D eigenvalue weighted by molar-refractivity contribution is 9.10. The number of fused-ring (bicyclic) bond motifs is 1. The lowest BCUT2D eigenvalue weighted by molar-refractivity contribution is -0.114. The van der Waals surface area contributed by atoms with Crippen molar-refractivity contribution < 1.29 is 14.0 Å². The molecule has 4 rings (SSSR count). The van der Waals surface area contributed by atoms with Gasteiger partial charge in [0.2, 0.25) is 0 Å². The van der Waals surface area contributed by atoms with Gasteiger partial charge in [0.25, 0.3) is 11.8 Å². The van der Waals surface area contributed by atoms with Crippen molar-refractivity contribution in [1.82, 2.24) is 10.6 Å². The van der Waals surface area contributed by atoms with Gasteiger partial charge in [0.05, 0.1) is 11.3 Å². The Kier molecular flexibility index (Phi) is 5.62. The largest absolute Gasteiger partial charge is 0.366 e. The summed E-state index contributed by atoms with van der Waals surface area (Å²) in [6, 6.07) is 10.6. The van der Waals surface area contributed by atoms with Crippen molar-refractivity contribution in [2.24, 2.45) is 0 Å². The smallest absolute Gasteiger partial charge is 0.260 e. The number of hydrogen-bond acceptors (Lipinski definition) is 5. The zero-order valence-electron chi connectivity index (χ0n) is 16.6. The molecule has 2 amide bonds. The minimum absolute atomic E-state index is 0.280. The van der Waals surface area contributed by atoms with Crippen molar-refractivity contribution in [2.75, 3.05) is 23.3 Å². The molecule has 0 aliphatic carbocycles. The zero-order valence-corrected chi connectivity index (χ0v) is 18.2. The number of nitrogens with one attached hydrogen (secondary N) is 3. The molecule has 30 heavy (non-hydrogen) atoms. The second-order valence-corrected chi connectivity index (χ2v) is 8.63. The molecule has 2 heterocycles. The van der Waals surface area contributed by atoms with Gasteiger partial charge >= 0.3 is 0 Å². The first-order valence-electron chi connectivity index (χ1n) is 9.74. The maximum absolute atomic E-state index is 14.8. The van der Waals surface area contributed by atoms with Gasteiger partial charge < -0.3 is 15.5 Å². The molecule has 0 aromatic heterocycles. The molecule has 2 atom stereocenters. The highest BCUT2D eigenvalue weighted by Crippen LogP contribution is 2.29. The van der Waals surface area contributed by atoms with E-state index in [-0.39, 0.29) is 17.9 Å². The number of carbonyl (C=O) groups is 2. The Labute approximate surface area is 182 Å². The number of imide groups is 1. The molecule has 1 fully saturated rings. The van der Waals surface area contributed by atoms with Gasteiger partial charge in [-0.1, -0.05) is 15.9 Å². The van der Waals surface area contributed by atoms with Crippen molar-refractivity contribution in [2.45, 2.75) is 25.9 Å². The van der Waals surface area contributed by atoms with E-state index < -0.39 is 11.8 Å². The first kappa shape index (κ1) is 20.6. The molecule has 2 aliphatic heterocycles. The molecule has 3 N–H and O–H groups in total. The van der Waals surface area contributed by atoms with Crippen LogP contribution in [0.2, 0.25) is 0 Å². The lowest BCUT2D eigenvalue weighted by Crippen LogP contribution is -2.54. The predicted molar refractivity (Wildman–Crippen MR) is 119 cm³/mol. The summed E-state index contributed by atoms with van der Waals surface area (Å²) < 4.78 is 15.6. The maximum atomic E-state index is 14.8. The van der Waals surface area contributed by atoms with Crippen LogP contribution in [0.1, 0.15) is 29.8 Å². The lowest BCUT2D eigenvalue weighted by atomic mass is 9.95. The number of rotatable bonds is 3.